The first-order chi connectivity index (χ1) is 7.93. The number of rotatable bonds is 6. The van der Waals surface area contributed by atoms with Gasteiger partial charge in [-0.2, -0.15) is 5.10 Å². The lowest BCUT2D eigenvalue weighted by Gasteiger charge is -2.04. The highest BCUT2D eigenvalue weighted by Crippen LogP contribution is 1.97. The molecule has 1 aromatic heterocycles. The van der Waals surface area contributed by atoms with E-state index in [1.165, 1.54) is 4.68 Å². The lowest BCUT2D eigenvalue weighted by atomic mass is 10.6. The van der Waals surface area contributed by atoms with Crippen LogP contribution < -0.4 is 5.73 Å². The Labute approximate surface area is 99.5 Å². The molecule has 0 amide bonds. The highest BCUT2D eigenvalue weighted by atomic mass is 32.2. The van der Waals surface area contributed by atoms with Gasteiger partial charge in [0.1, 0.15) is 19.0 Å². The molecule has 2 N–H and O–H groups in total. The molecule has 0 fully saturated rings. The van der Waals surface area contributed by atoms with Gasteiger partial charge in [0, 0.05) is 11.9 Å². The second kappa shape index (κ2) is 5.67. The summed E-state index contributed by atoms with van der Waals surface area (Å²) >= 11 is 0. The summed E-state index contributed by atoms with van der Waals surface area (Å²) in [7, 11) is -3.10. The Kier molecular flexibility index (Phi) is 4.50. The van der Waals surface area contributed by atoms with Crippen molar-refractivity contribution in [3.63, 3.8) is 0 Å². The third-order valence-electron chi connectivity index (χ3n) is 2.05. The van der Waals surface area contributed by atoms with Crippen molar-refractivity contribution in [2.75, 3.05) is 23.8 Å². The second-order valence-electron chi connectivity index (χ2n) is 3.40. The summed E-state index contributed by atoms with van der Waals surface area (Å²) in [5.74, 6) is -0.345. The van der Waals surface area contributed by atoms with Crippen molar-refractivity contribution in [1.29, 1.82) is 0 Å². The lowest BCUT2D eigenvalue weighted by Crippen LogP contribution is -2.19. The molecule has 96 valence electrons. The van der Waals surface area contributed by atoms with Crippen molar-refractivity contribution < 1.29 is 17.9 Å². The standard InChI is InChI=1S/C9H15N3O4S/c1-2-17(14,15)6-5-16-9(13)7-12-4-3-8(10)11-12/h3-4H,2,5-7H2,1H3,(H2,10,11). The number of nitrogens with zero attached hydrogens (tertiary/aromatic N) is 2. The normalized spacial score (nSPS) is 11.4. The quantitative estimate of drug-likeness (QED) is 0.688. The van der Waals surface area contributed by atoms with Gasteiger partial charge < -0.3 is 10.5 Å². The van der Waals surface area contributed by atoms with Gasteiger partial charge in [-0.15, -0.1) is 0 Å². The summed E-state index contributed by atoms with van der Waals surface area (Å²) < 4.78 is 28.3. The van der Waals surface area contributed by atoms with Crippen molar-refractivity contribution >= 4 is 21.6 Å². The molecule has 0 radical (unpaired) electrons. The van der Waals surface area contributed by atoms with E-state index >= 15 is 0 Å². The maximum Gasteiger partial charge on any atom is 0.327 e. The van der Waals surface area contributed by atoms with E-state index in [-0.39, 0.29) is 24.7 Å². The van der Waals surface area contributed by atoms with E-state index in [9.17, 15) is 13.2 Å². The van der Waals surface area contributed by atoms with Crippen molar-refractivity contribution in [3.8, 4) is 0 Å². The van der Waals surface area contributed by atoms with E-state index in [4.69, 9.17) is 10.5 Å². The topological polar surface area (TPSA) is 104 Å². The Morgan fingerprint density at radius 3 is 2.82 bits per heavy atom. The number of ether oxygens (including phenoxy) is 1. The summed E-state index contributed by atoms with van der Waals surface area (Å²) in [6.45, 7) is 1.33. The molecule has 1 aromatic rings. The van der Waals surface area contributed by atoms with Crippen molar-refractivity contribution in [2.45, 2.75) is 13.5 Å². The molecule has 8 heteroatoms. The summed E-state index contributed by atoms with van der Waals surface area (Å²) in [4.78, 5) is 11.3. The molecule has 0 aliphatic rings. The van der Waals surface area contributed by atoms with Gasteiger partial charge in [0.05, 0.1) is 5.75 Å². The molecule has 1 rings (SSSR count). The average Bonchev–Trinajstić information content (AvgIpc) is 2.63. The smallest absolute Gasteiger partial charge is 0.327 e. The van der Waals surface area contributed by atoms with Crippen LogP contribution >= 0.6 is 0 Å². The van der Waals surface area contributed by atoms with Crippen LogP contribution in [0, 0.1) is 0 Å². The predicted molar refractivity (Wildman–Crippen MR) is 61.9 cm³/mol. The number of hydrogen-bond acceptors (Lipinski definition) is 6. The van der Waals surface area contributed by atoms with Crippen LogP contribution in [0.5, 0.6) is 0 Å². The first-order valence-corrected chi connectivity index (χ1v) is 6.90. The first-order valence-electron chi connectivity index (χ1n) is 5.08. The number of esters is 1. The summed E-state index contributed by atoms with van der Waals surface area (Å²) in [5, 5.41) is 3.80. The van der Waals surface area contributed by atoms with Gasteiger partial charge in [0.15, 0.2) is 9.84 Å². The number of hydrogen-bond donors (Lipinski definition) is 1. The fourth-order valence-electron chi connectivity index (χ4n) is 1.07. The van der Waals surface area contributed by atoms with Crippen molar-refractivity contribution in [3.05, 3.63) is 12.3 Å². The maximum atomic E-state index is 11.3. The second-order valence-corrected chi connectivity index (χ2v) is 5.87. The zero-order valence-corrected chi connectivity index (χ0v) is 10.3. The molecule has 0 spiro atoms. The van der Waals surface area contributed by atoms with Crippen LogP contribution in [-0.2, 0) is 25.9 Å². The van der Waals surface area contributed by atoms with Gasteiger partial charge in [0.2, 0.25) is 0 Å². The predicted octanol–water partition coefficient (Wildman–Crippen LogP) is -0.557. The fourth-order valence-corrected chi connectivity index (χ4v) is 1.70. The molecule has 0 aromatic carbocycles. The Balaban J connectivity index is 2.31. The van der Waals surface area contributed by atoms with Crippen LogP contribution in [0.2, 0.25) is 0 Å². The fraction of sp³-hybridized carbons (Fsp3) is 0.556. The van der Waals surface area contributed by atoms with Gasteiger partial charge in [-0.25, -0.2) is 8.42 Å². The van der Waals surface area contributed by atoms with Gasteiger partial charge >= 0.3 is 5.97 Å². The van der Waals surface area contributed by atoms with Gasteiger partial charge in [-0.05, 0) is 6.07 Å². The van der Waals surface area contributed by atoms with E-state index in [0.717, 1.165) is 0 Å². The van der Waals surface area contributed by atoms with Crippen LogP contribution in [0.1, 0.15) is 6.92 Å². The minimum absolute atomic E-state index is 0.0419. The maximum absolute atomic E-state index is 11.3. The largest absolute Gasteiger partial charge is 0.463 e. The molecule has 0 aliphatic carbocycles. The van der Waals surface area contributed by atoms with Crippen molar-refractivity contribution in [2.24, 2.45) is 0 Å². The highest BCUT2D eigenvalue weighted by Gasteiger charge is 2.10. The zero-order chi connectivity index (χ0) is 12.9. The molecule has 0 unspecified atom stereocenters. The van der Waals surface area contributed by atoms with Crippen LogP contribution in [-0.4, -0.2) is 42.3 Å². The number of nitrogen functional groups attached to an aromatic ring is 1. The first kappa shape index (κ1) is 13.5. The molecule has 0 saturated heterocycles. The Morgan fingerprint density at radius 2 is 2.29 bits per heavy atom. The number of nitrogens with two attached hydrogens (primary N) is 1. The third kappa shape index (κ3) is 4.85. The molecule has 17 heavy (non-hydrogen) atoms. The Hall–Kier alpha value is -1.57. The van der Waals surface area contributed by atoms with E-state index in [1.54, 1.807) is 19.2 Å². The SMILES string of the molecule is CCS(=O)(=O)CCOC(=O)Cn1ccc(N)n1. The molecule has 0 saturated carbocycles. The molecule has 1 heterocycles. The molecule has 7 nitrogen and oxygen atoms in total. The van der Waals surface area contributed by atoms with Crippen LogP contribution in [0.25, 0.3) is 0 Å². The molecule has 0 aliphatic heterocycles. The number of sulfone groups is 1. The number of anilines is 1. The van der Waals surface area contributed by atoms with Crippen molar-refractivity contribution in [1.82, 2.24) is 9.78 Å². The Bertz CT molecular complexity index is 480. The third-order valence-corrected chi connectivity index (χ3v) is 3.72. The van der Waals surface area contributed by atoms with E-state index in [2.05, 4.69) is 5.10 Å². The average molecular weight is 261 g/mol. The Morgan fingerprint density at radius 1 is 1.59 bits per heavy atom. The van der Waals surface area contributed by atoms with E-state index in [1.807, 2.05) is 0 Å². The van der Waals surface area contributed by atoms with Crippen LogP contribution in [0.3, 0.4) is 0 Å². The summed E-state index contributed by atoms with van der Waals surface area (Å²) in [6, 6.07) is 1.55. The monoisotopic (exact) mass is 261 g/mol. The summed E-state index contributed by atoms with van der Waals surface area (Å²) in [6.07, 6.45) is 1.54. The van der Waals surface area contributed by atoms with Gasteiger partial charge in [-0.1, -0.05) is 6.92 Å². The van der Waals surface area contributed by atoms with E-state index < -0.39 is 15.8 Å². The van der Waals surface area contributed by atoms with E-state index in [0.29, 0.717) is 5.82 Å². The lowest BCUT2D eigenvalue weighted by molar-refractivity contribution is -0.143. The number of aromatic nitrogens is 2. The van der Waals surface area contributed by atoms with Gasteiger partial charge in [0.25, 0.3) is 0 Å². The number of carbonyl (C=O) groups excluding carboxylic acids is 1. The van der Waals surface area contributed by atoms with Gasteiger partial charge in [-0.3, -0.25) is 9.48 Å². The molecular weight excluding hydrogens is 246 g/mol. The zero-order valence-electron chi connectivity index (χ0n) is 9.50. The molecule has 0 atom stereocenters. The summed E-state index contributed by atoms with van der Waals surface area (Å²) in [5.41, 5.74) is 5.37. The highest BCUT2D eigenvalue weighted by molar-refractivity contribution is 7.91. The molecular formula is C9H15N3O4S. The number of carbonyl (C=O) groups is 1. The van der Waals surface area contributed by atoms with Crippen LogP contribution in [0.4, 0.5) is 5.82 Å². The van der Waals surface area contributed by atoms with Crippen LogP contribution in [0.15, 0.2) is 12.3 Å². The minimum Gasteiger partial charge on any atom is -0.463 e. The minimum atomic E-state index is -3.10. The molecule has 0 bridgehead atoms.